The van der Waals surface area contributed by atoms with E-state index in [9.17, 15) is 10.2 Å². The number of hydrogen-bond donors (Lipinski definition) is 2. The molecule has 0 amide bonds. The predicted octanol–water partition coefficient (Wildman–Crippen LogP) is 7.61. The summed E-state index contributed by atoms with van der Waals surface area (Å²) >= 11 is 0. The van der Waals surface area contributed by atoms with Crippen LogP contribution in [-0.2, 0) is 0 Å². The zero-order chi connectivity index (χ0) is 24.0. The molecule has 0 bridgehead atoms. The summed E-state index contributed by atoms with van der Waals surface area (Å²) in [5.41, 5.74) is 5.75. The molecule has 0 atom stereocenters. The van der Waals surface area contributed by atoms with E-state index >= 15 is 0 Å². The fourth-order valence-corrected chi connectivity index (χ4v) is 4.27. The molecule has 4 heteroatoms. The van der Waals surface area contributed by atoms with Crippen LogP contribution < -0.4 is 9.80 Å². The number of benzene rings is 5. The minimum Gasteiger partial charge on any atom is -0.364 e. The molecule has 35 heavy (non-hydrogen) atoms. The van der Waals surface area contributed by atoms with Gasteiger partial charge in [-0.05, 0) is 66.7 Å². The van der Waals surface area contributed by atoms with Crippen LogP contribution in [0.3, 0.4) is 0 Å². The van der Waals surface area contributed by atoms with Gasteiger partial charge < -0.3 is 20.0 Å². The van der Waals surface area contributed by atoms with Crippen LogP contribution >= 0.6 is 0 Å². The number of hydrogen-bond acceptors (Lipinski definition) is 4. The second kappa shape index (κ2) is 10.3. The third kappa shape index (κ3) is 4.80. The number of aliphatic hydroxyl groups is 2. The van der Waals surface area contributed by atoms with Crippen molar-refractivity contribution < 1.29 is 10.2 Å². The second-order valence-electron chi connectivity index (χ2n) is 8.13. The lowest BCUT2D eigenvalue weighted by atomic mass is 10.1. The monoisotopic (exact) mass is 458 g/mol. The van der Waals surface area contributed by atoms with E-state index in [0.29, 0.717) is 11.3 Å². The Morgan fingerprint density at radius 1 is 0.400 bits per heavy atom. The summed E-state index contributed by atoms with van der Waals surface area (Å²) in [6.07, 6.45) is -1.66. The molecule has 0 saturated heterocycles. The standard InChI is InChI=1S/C31H26N2O2/c34-31(35)29-23-28(32(24-13-5-1-6-14-24)25-15-7-2-8-16-25)21-22-30(29)33(26-17-9-3-10-18-26)27-19-11-4-12-20-27/h1-23,31,34-35H. The van der Waals surface area contributed by atoms with Gasteiger partial charge in [-0.2, -0.15) is 0 Å². The molecule has 0 saturated carbocycles. The maximum Gasteiger partial charge on any atom is 0.180 e. The van der Waals surface area contributed by atoms with Gasteiger partial charge in [0, 0.05) is 34.0 Å². The summed E-state index contributed by atoms with van der Waals surface area (Å²) in [5, 5.41) is 21.0. The molecule has 2 N–H and O–H groups in total. The molecule has 4 nitrogen and oxygen atoms in total. The molecule has 0 heterocycles. The summed E-state index contributed by atoms with van der Waals surface area (Å²) in [5.74, 6) is 0. The minimum atomic E-state index is -1.66. The van der Waals surface area contributed by atoms with Gasteiger partial charge >= 0.3 is 0 Å². The van der Waals surface area contributed by atoms with Crippen LogP contribution in [0.5, 0.6) is 0 Å². The molecular formula is C31H26N2O2. The first-order valence-electron chi connectivity index (χ1n) is 11.5. The van der Waals surface area contributed by atoms with Gasteiger partial charge in [-0.3, -0.25) is 0 Å². The van der Waals surface area contributed by atoms with E-state index in [1.807, 2.05) is 144 Å². The first kappa shape index (κ1) is 22.4. The maximum atomic E-state index is 10.5. The number of anilines is 6. The number of nitrogens with zero attached hydrogens (tertiary/aromatic N) is 2. The second-order valence-corrected chi connectivity index (χ2v) is 8.13. The van der Waals surface area contributed by atoms with E-state index in [1.165, 1.54) is 0 Å². The zero-order valence-electron chi connectivity index (χ0n) is 19.1. The Morgan fingerprint density at radius 2 is 0.771 bits per heavy atom. The molecule has 0 aliphatic carbocycles. The maximum absolute atomic E-state index is 10.5. The Balaban J connectivity index is 1.68. The third-order valence-electron chi connectivity index (χ3n) is 5.85. The first-order valence-corrected chi connectivity index (χ1v) is 11.5. The van der Waals surface area contributed by atoms with Gasteiger partial charge in [-0.15, -0.1) is 0 Å². The molecule has 0 unspecified atom stereocenters. The van der Waals surface area contributed by atoms with Gasteiger partial charge in [0.15, 0.2) is 6.29 Å². The molecule has 0 fully saturated rings. The van der Waals surface area contributed by atoms with Gasteiger partial charge in [-0.1, -0.05) is 72.8 Å². The third-order valence-corrected chi connectivity index (χ3v) is 5.85. The van der Waals surface area contributed by atoms with Crippen molar-refractivity contribution in [2.45, 2.75) is 6.29 Å². The van der Waals surface area contributed by atoms with Crippen molar-refractivity contribution in [1.82, 2.24) is 0 Å². The molecule has 5 aromatic carbocycles. The van der Waals surface area contributed by atoms with E-state index in [2.05, 4.69) is 4.90 Å². The van der Waals surface area contributed by atoms with Gasteiger partial charge in [-0.25, -0.2) is 0 Å². The zero-order valence-corrected chi connectivity index (χ0v) is 19.1. The molecular weight excluding hydrogens is 432 g/mol. The van der Waals surface area contributed by atoms with E-state index < -0.39 is 6.29 Å². The van der Waals surface area contributed by atoms with E-state index in [0.717, 1.165) is 28.4 Å². The summed E-state index contributed by atoms with van der Waals surface area (Å²) in [6, 6.07) is 45.8. The normalized spacial score (nSPS) is 10.8. The summed E-state index contributed by atoms with van der Waals surface area (Å²) < 4.78 is 0. The molecule has 0 aliphatic heterocycles. The van der Waals surface area contributed by atoms with Crippen molar-refractivity contribution in [3.05, 3.63) is 145 Å². The fourth-order valence-electron chi connectivity index (χ4n) is 4.27. The predicted molar refractivity (Wildman–Crippen MR) is 143 cm³/mol. The summed E-state index contributed by atoms with van der Waals surface area (Å²) in [4.78, 5) is 4.14. The van der Waals surface area contributed by atoms with Crippen molar-refractivity contribution in [2.24, 2.45) is 0 Å². The highest BCUT2D eigenvalue weighted by molar-refractivity contribution is 5.83. The lowest BCUT2D eigenvalue weighted by Gasteiger charge is -2.30. The first-order chi connectivity index (χ1) is 17.2. The van der Waals surface area contributed by atoms with Crippen LogP contribution in [0.25, 0.3) is 0 Å². The molecule has 0 radical (unpaired) electrons. The van der Waals surface area contributed by atoms with Gasteiger partial charge in [0.2, 0.25) is 0 Å². The number of para-hydroxylation sites is 4. The van der Waals surface area contributed by atoms with Crippen LogP contribution in [0.1, 0.15) is 11.9 Å². The van der Waals surface area contributed by atoms with Gasteiger partial charge in [0.05, 0.1) is 5.69 Å². The summed E-state index contributed by atoms with van der Waals surface area (Å²) in [7, 11) is 0. The molecule has 5 rings (SSSR count). The highest BCUT2D eigenvalue weighted by Gasteiger charge is 2.21. The van der Waals surface area contributed by atoms with Crippen molar-refractivity contribution >= 4 is 34.1 Å². The Morgan fingerprint density at radius 3 is 1.14 bits per heavy atom. The molecule has 0 aromatic heterocycles. The Hall–Kier alpha value is -4.38. The quantitative estimate of drug-likeness (QED) is 0.246. The van der Waals surface area contributed by atoms with Gasteiger partial charge in [0.1, 0.15) is 0 Å². The van der Waals surface area contributed by atoms with Gasteiger partial charge in [0.25, 0.3) is 0 Å². The van der Waals surface area contributed by atoms with Crippen LogP contribution in [0, 0.1) is 0 Å². The molecule has 0 aliphatic rings. The largest absolute Gasteiger partial charge is 0.364 e. The number of aliphatic hydroxyl groups excluding tert-OH is 1. The van der Waals surface area contributed by atoms with Crippen LogP contribution in [0.2, 0.25) is 0 Å². The highest BCUT2D eigenvalue weighted by atomic mass is 16.5. The Labute approximate surface area is 205 Å². The van der Waals surface area contributed by atoms with E-state index in [4.69, 9.17) is 0 Å². The van der Waals surface area contributed by atoms with Crippen LogP contribution in [-0.4, -0.2) is 10.2 Å². The average Bonchev–Trinajstić information content (AvgIpc) is 2.92. The molecule has 5 aromatic rings. The lowest BCUT2D eigenvalue weighted by Crippen LogP contribution is -2.15. The fraction of sp³-hybridized carbons (Fsp3) is 0.0323. The van der Waals surface area contributed by atoms with Crippen LogP contribution in [0.4, 0.5) is 34.1 Å². The van der Waals surface area contributed by atoms with Crippen molar-refractivity contribution in [3.63, 3.8) is 0 Å². The van der Waals surface area contributed by atoms with E-state index in [1.54, 1.807) is 0 Å². The van der Waals surface area contributed by atoms with E-state index in [-0.39, 0.29) is 0 Å². The Bertz CT molecular complexity index is 1280. The number of rotatable bonds is 7. The average molecular weight is 459 g/mol. The summed E-state index contributed by atoms with van der Waals surface area (Å²) in [6.45, 7) is 0. The van der Waals surface area contributed by atoms with Crippen molar-refractivity contribution in [3.8, 4) is 0 Å². The van der Waals surface area contributed by atoms with Crippen LogP contribution in [0.15, 0.2) is 140 Å². The lowest BCUT2D eigenvalue weighted by molar-refractivity contribution is -0.0419. The van der Waals surface area contributed by atoms with Crippen molar-refractivity contribution in [2.75, 3.05) is 9.80 Å². The van der Waals surface area contributed by atoms with Crippen molar-refractivity contribution in [1.29, 1.82) is 0 Å². The molecule has 0 spiro atoms. The highest BCUT2D eigenvalue weighted by Crippen LogP contribution is 2.42. The Kier molecular flexibility index (Phi) is 6.57. The molecule has 172 valence electrons. The SMILES string of the molecule is OC(O)c1cc(N(c2ccccc2)c2ccccc2)ccc1N(c1ccccc1)c1ccccc1. The topological polar surface area (TPSA) is 46.9 Å². The minimum absolute atomic E-state index is 0.409. The smallest absolute Gasteiger partial charge is 0.180 e.